The molecule has 1 heterocycles. The lowest BCUT2D eigenvalue weighted by Gasteiger charge is -2.16. The zero-order valence-corrected chi connectivity index (χ0v) is 12.5. The molecule has 6 heteroatoms. The zero-order chi connectivity index (χ0) is 15.7. The summed E-state index contributed by atoms with van der Waals surface area (Å²) in [7, 11) is 0. The normalized spacial score (nSPS) is 13.5. The Morgan fingerprint density at radius 2 is 2.00 bits per heavy atom. The minimum atomic E-state index is -0.564. The number of fused-ring (bicyclic) bond motifs is 1. The molecule has 1 aromatic carbocycles. The van der Waals surface area contributed by atoms with E-state index in [0.29, 0.717) is 5.69 Å². The minimum absolute atomic E-state index is 0.0566. The first-order valence-corrected chi connectivity index (χ1v) is 7.44. The number of halogens is 2. The van der Waals surface area contributed by atoms with Crippen LogP contribution >= 0.6 is 11.6 Å². The lowest BCUT2D eigenvalue weighted by Crippen LogP contribution is -2.26. The van der Waals surface area contributed by atoms with E-state index in [1.54, 1.807) is 6.07 Å². The molecule has 0 radical (unpaired) electrons. The highest BCUT2D eigenvalue weighted by Crippen LogP contribution is 2.21. The molecule has 4 nitrogen and oxygen atoms in total. The van der Waals surface area contributed by atoms with Crippen molar-refractivity contribution in [2.75, 3.05) is 5.32 Å². The van der Waals surface area contributed by atoms with Gasteiger partial charge >= 0.3 is 0 Å². The van der Waals surface area contributed by atoms with Gasteiger partial charge in [-0.2, -0.15) is 0 Å². The van der Waals surface area contributed by atoms with E-state index in [1.807, 2.05) is 0 Å². The zero-order valence-electron chi connectivity index (χ0n) is 11.7. The maximum absolute atomic E-state index is 13.1. The van der Waals surface area contributed by atoms with Crippen LogP contribution in [0.25, 0.3) is 0 Å². The van der Waals surface area contributed by atoms with Gasteiger partial charge in [-0.1, -0.05) is 11.6 Å². The van der Waals surface area contributed by atoms with Gasteiger partial charge < -0.3 is 10.3 Å². The second-order valence-electron chi connectivity index (χ2n) is 5.31. The highest BCUT2D eigenvalue weighted by Gasteiger charge is 2.17. The molecular weight excluding hydrogens is 307 g/mol. The standard InChI is InChI=1S/C16H14ClFN2O2/c17-12-8-10(5-6-13(12)18)19-15(21)11-7-9-3-1-2-4-14(9)20-16(11)22/h5-8H,1-4H2,(H,19,21)(H,20,22). The van der Waals surface area contributed by atoms with E-state index in [9.17, 15) is 14.0 Å². The first-order chi connectivity index (χ1) is 10.5. The van der Waals surface area contributed by atoms with Crippen molar-refractivity contribution < 1.29 is 9.18 Å². The van der Waals surface area contributed by atoms with Gasteiger partial charge in [-0.25, -0.2) is 4.39 Å². The molecule has 0 unspecified atom stereocenters. The lowest BCUT2D eigenvalue weighted by atomic mass is 9.95. The van der Waals surface area contributed by atoms with Crippen molar-refractivity contribution >= 4 is 23.2 Å². The average molecular weight is 321 g/mol. The highest BCUT2D eigenvalue weighted by molar-refractivity contribution is 6.31. The van der Waals surface area contributed by atoms with Crippen molar-refractivity contribution in [1.82, 2.24) is 4.98 Å². The molecule has 114 valence electrons. The quantitative estimate of drug-likeness (QED) is 0.892. The number of amides is 1. The fraction of sp³-hybridized carbons (Fsp3) is 0.250. The van der Waals surface area contributed by atoms with E-state index in [0.717, 1.165) is 43.0 Å². The topological polar surface area (TPSA) is 62.0 Å². The molecule has 3 rings (SSSR count). The molecule has 1 aliphatic carbocycles. The Morgan fingerprint density at radius 3 is 2.77 bits per heavy atom. The van der Waals surface area contributed by atoms with Gasteiger partial charge in [0.25, 0.3) is 11.5 Å². The number of nitrogens with one attached hydrogen (secondary N) is 2. The minimum Gasteiger partial charge on any atom is -0.325 e. The van der Waals surface area contributed by atoms with Crippen LogP contribution < -0.4 is 10.9 Å². The fourth-order valence-electron chi connectivity index (χ4n) is 2.62. The summed E-state index contributed by atoms with van der Waals surface area (Å²) >= 11 is 5.68. The van der Waals surface area contributed by atoms with Crippen molar-refractivity contribution in [3.63, 3.8) is 0 Å². The predicted molar refractivity (Wildman–Crippen MR) is 83.1 cm³/mol. The van der Waals surface area contributed by atoms with Gasteiger partial charge in [0.05, 0.1) is 5.02 Å². The number of benzene rings is 1. The average Bonchev–Trinajstić information content (AvgIpc) is 2.50. The third-order valence-electron chi connectivity index (χ3n) is 3.76. The molecule has 0 saturated heterocycles. The van der Waals surface area contributed by atoms with Crippen molar-refractivity contribution in [3.8, 4) is 0 Å². The number of hydrogen-bond acceptors (Lipinski definition) is 2. The summed E-state index contributed by atoms with van der Waals surface area (Å²) in [5.74, 6) is -1.09. The molecule has 2 aromatic rings. The predicted octanol–water partition coefficient (Wildman–Crippen LogP) is 3.30. The number of anilines is 1. The number of H-pyrrole nitrogens is 1. The van der Waals surface area contributed by atoms with Crippen molar-refractivity contribution in [3.05, 3.63) is 62.3 Å². The Bertz CT molecular complexity index is 801. The van der Waals surface area contributed by atoms with Crippen LogP contribution in [0.1, 0.15) is 34.5 Å². The number of pyridine rings is 1. The summed E-state index contributed by atoms with van der Waals surface area (Å²) in [6.07, 6.45) is 3.78. The third kappa shape index (κ3) is 2.90. The monoisotopic (exact) mass is 320 g/mol. The van der Waals surface area contributed by atoms with Crippen LogP contribution in [0.3, 0.4) is 0 Å². The number of carbonyl (C=O) groups is 1. The molecule has 0 atom stereocenters. The molecule has 22 heavy (non-hydrogen) atoms. The van der Waals surface area contributed by atoms with Crippen LogP contribution in [-0.2, 0) is 12.8 Å². The van der Waals surface area contributed by atoms with E-state index in [-0.39, 0.29) is 10.6 Å². The molecule has 1 aliphatic rings. The first-order valence-electron chi connectivity index (χ1n) is 7.06. The Kier molecular flexibility index (Phi) is 3.98. The first kappa shape index (κ1) is 14.8. The maximum atomic E-state index is 13.1. The lowest BCUT2D eigenvalue weighted by molar-refractivity contribution is 0.102. The van der Waals surface area contributed by atoms with Gasteiger partial charge in [-0.3, -0.25) is 9.59 Å². The number of aromatic amines is 1. The smallest absolute Gasteiger partial charge is 0.261 e. The van der Waals surface area contributed by atoms with Crippen molar-refractivity contribution in [2.45, 2.75) is 25.7 Å². The molecule has 0 fully saturated rings. The number of hydrogen-bond donors (Lipinski definition) is 2. The largest absolute Gasteiger partial charge is 0.325 e. The van der Waals surface area contributed by atoms with Gasteiger partial charge in [0.1, 0.15) is 11.4 Å². The molecule has 0 spiro atoms. The number of rotatable bonds is 2. The van der Waals surface area contributed by atoms with E-state index < -0.39 is 17.3 Å². The van der Waals surface area contributed by atoms with Crippen LogP contribution in [0.15, 0.2) is 29.1 Å². The van der Waals surface area contributed by atoms with Gasteiger partial charge in [-0.15, -0.1) is 0 Å². The summed E-state index contributed by atoms with van der Waals surface area (Å²) in [6.45, 7) is 0. The van der Waals surface area contributed by atoms with E-state index in [1.165, 1.54) is 12.1 Å². The summed E-state index contributed by atoms with van der Waals surface area (Å²) < 4.78 is 13.1. The number of aryl methyl sites for hydroxylation is 2. The van der Waals surface area contributed by atoms with Gasteiger partial charge in [0.2, 0.25) is 0 Å². The Morgan fingerprint density at radius 1 is 1.23 bits per heavy atom. The molecule has 1 aromatic heterocycles. The van der Waals surface area contributed by atoms with Crippen LogP contribution in [0.4, 0.5) is 10.1 Å². The van der Waals surface area contributed by atoms with Gasteiger partial charge in [-0.05, 0) is 55.5 Å². The van der Waals surface area contributed by atoms with Crippen LogP contribution in [0.2, 0.25) is 5.02 Å². The van der Waals surface area contributed by atoms with Crippen molar-refractivity contribution in [2.24, 2.45) is 0 Å². The molecule has 0 aliphatic heterocycles. The van der Waals surface area contributed by atoms with Gasteiger partial charge in [0, 0.05) is 11.4 Å². The SMILES string of the molecule is O=C(Nc1ccc(F)c(Cl)c1)c1cc2c([nH]c1=O)CCCC2. The molecule has 0 saturated carbocycles. The number of carbonyl (C=O) groups excluding carboxylic acids is 1. The summed E-state index contributed by atoms with van der Waals surface area (Å²) in [4.78, 5) is 27.1. The Hall–Kier alpha value is -2.14. The van der Waals surface area contributed by atoms with Crippen molar-refractivity contribution in [1.29, 1.82) is 0 Å². The number of aromatic nitrogens is 1. The van der Waals surface area contributed by atoms with Crippen LogP contribution in [-0.4, -0.2) is 10.9 Å². The van der Waals surface area contributed by atoms with E-state index in [4.69, 9.17) is 11.6 Å². The fourth-order valence-corrected chi connectivity index (χ4v) is 2.80. The summed E-state index contributed by atoms with van der Waals surface area (Å²) in [5, 5.41) is 2.48. The maximum Gasteiger partial charge on any atom is 0.261 e. The summed E-state index contributed by atoms with van der Waals surface area (Å²) in [5.41, 5.74) is 1.91. The van der Waals surface area contributed by atoms with E-state index >= 15 is 0 Å². The Balaban J connectivity index is 1.88. The molecule has 0 bridgehead atoms. The second-order valence-corrected chi connectivity index (χ2v) is 5.71. The molecular formula is C16H14ClFN2O2. The highest BCUT2D eigenvalue weighted by atomic mass is 35.5. The second kappa shape index (κ2) is 5.93. The Labute approximate surface area is 131 Å². The molecule has 2 N–H and O–H groups in total. The molecule has 1 amide bonds. The summed E-state index contributed by atoms with van der Waals surface area (Å²) in [6, 6.07) is 5.51. The van der Waals surface area contributed by atoms with E-state index in [2.05, 4.69) is 10.3 Å². The van der Waals surface area contributed by atoms with Crippen LogP contribution in [0, 0.1) is 5.82 Å². The van der Waals surface area contributed by atoms with Gasteiger partial charge in [0.15, 0.2) is 0 Å². The van der Waals surface area contributed by atoms with Crippen LogP contribution in [0.5, 0.6) is 0 Å². The third-order valence-corrected chi connectivity index (χ3v) is 4.05.